The summed E-state index contributed by atoms with van der Waals surface area (Å²) >= 11 is 0.248. The van der Waals surface area contributed by atoms with Gasteiger partial charge in [-0.1, -0.05) is 17.8 Å². The van der Waals surface area contributed by atoms with Crippen LogP contribution in [0.3, 0.4) is 0 Å². The number of aromatic amines is 1. The number of tetrazole rings is 1. The van der Waals surface area contributed by atoms with Crippen LogP contribution >= 0.6 is 11.8 Å². The molecular weight excluding hydrogens is 238 g/mol. The predicted octanol–water partition coefficient (Wildman–Crippen LogP) is 1.27. The number of alkyl halides is 2. The lowest BCUT2D eigenvalue weighted by Gasteiger charge is -2.02. The molecule has 2 rings (SSSR count). The normalized spacial score (nSPS) is 11.8. The van der Waals surface area contributed by atoms with E-state index in [4.69, 9.17) is 1.37 Å². The van der Waals surface area contributed by atoms with Gasteiger partial charge in [-0.2, -0.15) is 13.5 Å². The van der Waals surface area contributed by atoms with Crippen LogP contribution in [-0.2, 0) is 0 Å². The van der Waals surface area contributed by atoms with Crippen molar-refractivity contribution in [1.82, 2.24) is 20.2 Å². The molecule has 84 valence electrons. The Morgan fingerprint density at radius 1 is 1.56 bits per heavy atom. The van der Waals surface area contributed by atoms with Crippen LogP contribution in [0.4, 0.5) is 8.78 Å². The zero-order valence-corrected chi connectivity index (χ0v) is 8.54. The van der Waals surface area contributed by atoms with E-state index in [9.17, 15) is 13.6 Å². The van der Waals surface area contributed by atoms with Crippen LogP contribution in [0.2, 0.25) is 0 Å². The number of nitrogens with zero attached hydrogens (tertiary/aromatic N) is 3. The first kappa shape index (κ1) is 9.52. The number of halogens is 2. The number of H-pyrrole nitrogens is 1. The van der Waals surface area contributed by atoms with Crippen LogP contribution in [0.25, 0.3) is 5.69 Å². The van der Waals surface area contributed by atoms with Crippen molar-refractivity contribution in [3.8, 4) is 5.69 Å². The number of nitrogens with one attached hydrogen (secondary N) is 1. The molecule has 0 amide bonds. The first-order valence-corrected chi connectivity index (χ1v) is 5.02. The minimum Gasteiger partial charge on any atom is -0.244 e. The lowest BCUT2D eigenvalue weighted by molar-refractivity contribution is 0.252. The molecule has 5 nitrogen and oxygen atoms in total. The highest BCUT2D eigenvalue weighted by atomic mass is 32.2. The molecule has 16 heavy (non-hydrogen) atoms. The first-order chi connectivity index (χ1) is 8.09. The summed E-state index contributed by atoms with van der Waals surface area (Å²) in [5.74, 6) is -2.62. The average Bonchev–Trinajstić information content (AvgIpc) is 2.67. The van der Waals surface area contributed by atoms with E-state index in [1.807, 2.05) is 0 Å². The van der Waals surface area contributed by atoms with Gasteiger partial charge in [0.2, 0.25) is 0 Å². The van der Waals surface area contributed by atoms with Crippen molar-refractivity contribution >= 4 is 11.8 Å². The molecule has 1 aromatic carbocycles. The smallest absolute Gasteiger partial charge is 0.244 e. The summed E-state index contributed by atoms with van der Waals surface area (Å²) in [5, 5.41) is 8.78. The van der Waals surface area contributed by atoms with Gasteiger partial charge in [-0.3, -0.25) is 0 Å². The van der Waals surface area contributed by atoms with Crippen molar-refractivity contribution in [1.29, 1.82) is 0 Å². The van der Waals surface area contributed by atoms with Gasteiger partial charge in [0.15, 0.2) is 0 Å². The second-order valence-electron chi connectivity index (χ2n) is 2.70. The zero-order chi connectivity index (χ0) is 12.4. The number of hydrogen-bond acceptors (Lipinski definition) is 4. The Kier molecular flexibility index (Phi) is 2.64. The fraction of sp³-hybridized carbons (Fsp3) is 0.125. The molecular formula is C8H6F2N4OS. The number of aromatic nitrogens is 4. The largest absolute Gasteiger partial charge is 0.365 e. The lowest BCUT2D eigenvalue weighted by atomic mass is 10.3. The van der Waals surface area contributed by atoms with Crippen molar-refractivity contribution in [3.05, 3.63) is 34.7 Å². The van der Waals surface area contributed by atoms with Crippen LogP contribution in [0.1, 0.15) is 1.37 Å². The molecule has 2 aromatic rings. The van der Waals surface area contributed by atoms with Gasteiger partial charge in [0.1, 0.15) is 0 Å². The quantitative estimate of drug-likeness (QED) is 0.828. The van der Waals surface area contributed by atoms with Crippen LogP contribution in [0.5, 0.6) is 0 Å². The van der Waals surface area contributed by atoms with E-state index in [1.165, 1.54) is 18.2 Å². The highest BCUT2D eigenvalue weighted by Crippen LogP contribution is 2.26. The van der Waals surface area contributed by atoms with Gasteiger partial charge < -0.3 is 0 Å². The van der Waals surface area contributed by atoms with Gasteiger partial charge in [0, 0.05) is 4.90 Å². The molecule has 1 heterocycles. The van der Waals surface area contributed by atoms with Crippen molar-refractivity contribution in [2.75, 3.05) is 0 Å². The Morgan fingerprint density at radius 2 is 2.38 bits per heavy atom. The van der Waals surface area contributed by atoms with Gasteiger partial charge in [-0.05, 0) is 28.6 Å². The lowest BCUT2D eigenvalue weighted by Crippen LogP contribution is -2.15. The molecule has 8 heteroatoms. The molecule has 0 aliphatic heterocycles. The molecule has 0 aliphatic rings. The van der Waals surface area contributed by atoms with Crippen molar-refractivity contribution in [2.24, 2.45) is 0 Å². The Bertz CT molecular complexity index is 585. The maximum Gasteiger partial charge on any atom is 0.365 e. The fourth-order valence-corrected chi connectivity index (χ4v) is 1.59. The minimum atomic E-state index is -2.62. The summed E-state index contributed by atoms with van der Waals surface area (Å²) in [6.45, 7) is 0. The summed E-state index contributed by atoms with van der Waals surface area (Å²) in [6, 6.07) is 4.10. The summed E-state index contributed by atoms with van der Waals surface area (Å²) in [6.07, 6.45) is 0. The molecule has 0 saturated heterocycles. The number of benzene rings is 1. The van der Waals surface area contributed by atoms with E-state index >= 15 is 0 Å². The van der Waals surface area contributed by atoms with E-state index in [0.29, 0.717) is 0 Å². The monoisotopic (exact) mass is 246 g/mol. The third-order valence-corrected chi connectivity index (χ3v) is 2.34. The second kappa shape index (κ2) is 4.44. The Hall–Kier alpha value is -1.70. The Balaban J connectivity index is 2.50. The molecule has 0 radical (unpaired) electrons. The highest BCUT2D eigenvalue weighted by Gasteiger charge is 2.08. The fourth-order valence-electron chi connectivity index (χ4n) is 1.08. The van der Waals surface area contributed by atoms with E-state index in [0.717, 1.165) is 4.68 Å². The third kappa shape index (κ3) is 2.27. The second-order valence-corrected chi connectivity index (χ2v) is 3.73. The van der Waals surface area contributed by atoms with Gasteiger partial charge in [0.05, 0.1) is 7.06 Å². The maximum absolute atomic E-state index is 12.2. The number of thioether (sulfide) groups is 1. The third-order valence-electron chi connectivity index (χ3n) is 1.67. The van der Waals surface area contributed by atoms with Gasteiger partial charge >= 0.3 is 5.69 Å². The van der Waals surface area contributed by atoms with E-state index in [-0.39, 0.29) is 28.4 Å². The molecule has 0 aliphatic carbocycles. The predicted molar refractivity (Wildman–Crippen MR) is 53.8 cm³/mol. The molecule has 1 aromatic heterocycles. The molecule has 0 atom stereocenters. The summed E-state index contributed by atoms with van der Waals surface area (Å²) in [4.78, 5) is 11.3. The van der Waals surface area contributed by atoms with Crippen LogP contribution in [0, 0.1) is 0 Å². The first-order valence-electron chi connectivity index (χ1n) is 4.65. The van der Waals surface area contributed by atoms with Crippen molar-refractivity contribution in [3.63, 3.8) is 0 Å². The Labute approximate surface area is 93.9 Å². The molecule has 0 bridgehead atoms. The Morgan fingerprint density at radius 3 is 3.00 bits per heavy atom. The number of hydrogen-bond donors (Lipinski definition) is 1. The zero-order valence-electron chi connectivity index (χ0n) is 8.72. The summed E-state index contributed by atoms with van der Waals surface area (Å²) in [7, 11) is 0. The molecule has 1 N–H and O–H groups in total. The molecule has 0 spiro atoms. The van der Waals surface area contributed by atoms with Crippen molar-refractivity contribution < 1.29 is 10.2 Å². The van der Waals surface area contributed by atoms with Crippen LogP contribution in [-0.4, -0.2) is 26.0 Å². The summed E-state index contributed by atoms with van der Waals surface area (Å²) < 4.78 is 33.0. The van der Waals surface area contributed by atoms with E-state index in [2.05, 4.69) is 15.5 Å². The SMILES string of the molecule is [3H]c1c(SC(F)F)cccc1-n1nn[nH]c1=O. The molecule has 0 fully saturated rings. The van der Waals surface area contributed by atoms with E-state index in [1.54, 1.807) is 0 Å². The van der Waals surface area contributed by atoms with Gasteiger partial charge in [0.25, 0.3) is 5.76 Å². The minimum absolute atomic E-state index is 0.0763. The maximum atomic E-state index is 12.2. The number of rotatable bonds is 3. The van der Waals surface area contributed by atoms with Crippen LogP contribution < -0.4 is 5.69 Å². The topological polar surface area (TPSA) is 63.6 Å². The molecule has 0 unspecified atom stereocenters. The van der Waals surface area contributed by atoms with Gasteiger partial charge in [-0.15, -0.1) is 0 Å². The van der Waals surface area contributed by atoms with Crippen molar-refractivity contribution in [2.45, 2.75) is 10.7 Å². The highest BCUT2D eigenvalue weighted by molar-refractivity contribution is 7.99. The van der Waals surface area contributed by atoms with Crippen LogP contribution in [0.15, 0.2) is 33.9 Å². The average molecular weight is 246 g/mol. The standard InChI is InChI=1S/C8H6F2N4OS/c9-7(10)16-6-3-1-2-5(4-6)14-8(15)11-12-13-14/h1-4,7H,(H,11,13,15)/i4T. The van der Waals surface area contributed by atoms with E-state index < -0.39 is 11.4 Å². The summed E-state index contributed by atoms with van der Waals surface area (Å²) in [5.41, 5.74) is -0.521. The molecule has 0 saturated carbocycles. The van der Waals surface area contributed by atoms with Gasteiger partial charge in [-0.25, -0.2) is 9.89 Å².